The van der Waals surface area contributed by atoms with Gasteiger partial charge in [0.25, 0.3) is 0 Å². The molecule has 156 valence electrons. The van der Waals surface area contributed by atoms with E-state index < -0.39 is 11.7 Å². The van der Waals surface area contributed by atoms with Gasteiger partial charge in [-0.2, -0.15) is 10.2 Å². The average Bonchev–Trinajstić information content (AvgIpc) is 2.71. The lowest BCUT2D eigenvalue weighted by Gasteiger charge is -2.19. The third-order valence-corrected chi connectivity index (χ3v) is 4.50. The van der Waals surface area contributed by atoms with E-state index in [4.69, 9.17) is 4.74 Å². The molecule has 1 atom stereocenters. The highest BCUT2D eigenvalue weighted by Gasteiger charge is 2.21. The van der Waals surface area contributed by atoms with E-state index in [2.05, 4.69) is 21.1 Å². The summed E-state index contributed by atoms with van der Waals surface area (Å²) in [6.07, 6.45) is 1.72. The van der Waals surface area contributed by atoms with Gasteiger partial charge in [-0.3, -0.25) is 10.2 Å². The Bertz CT molecular complexity index is 1010. The van der Waals surface area contributed by atoms with Gasteiger partial charge in [-0.05, 0) is 36.8 Å². The number of rotatable bonds is 6. The maximum atomic E-state index is 11.9. The van der Waals surface area contributed by atoms with Crippen molar-refractivity contribution in [2.24, 2.45) is 16.1 Å². The SMILES string of the molecule is CCOC(=O)c1c(O)ccc(/C=N/Nc2ccc(C3=NNC(=O)CC3C)cc2)c1O. The van der Waals surface area contributed by atoms with Crippen LogP contribution >= 0.6 is 0 Å². The number of phenolic OH excluding ortho intramolecular Hbond substituents is 2. The first-order valence-corrected chi connectivity index (χ1v) is 9.38. The van der Waals surface area contributed by atoms with Gasteiger partial charge in [0.2, 0.25) is 5.91 Å². The summed E-state index contributed by atoms with van der Waals surface area (Å²) in [5.41, 5.74) is 7.64. The lowest BCUT2D eigenvalue weighted by molar-refractivity contribution is -0.121. The number of ether oxygens (including phenoxy) is 1. The number of benzene rings is 2. The molecular formula is C21H22N4O5. The zero-order valence-corrected chi connectivity index (χ0v) is 16.5. The Labute approximate surface area is 173 Å². The fraction of sp³-hybridized carbons (Fsp3) is 0.238. The number of hydrazone groups is 2. The molecule has 0 saturated heterocycles. The van der Waals surface area contributed by atoms with Crippen molar-refractivity contribution in [2.45, 2.75) is 20.3 Å². The Morgan fingerprint density at radius 2 is 2.03 bits per heavy atom. The lowest BCUT2D eigenvalue weighted by atomic mass is 9.94. The second-order valence-electron chi connectivity index (χ2n) is 6.70. The Balaban J connectivity index is 1.71. The van der Waals surface area contributed by atoms with E-state index in [1.54, 1.807) is 19.1 Å². The molecule has 1 heterocycles. The molecule has 30 heavy (non-hydrogen) atoms. The Hall–Kier alpha value is -3.88. The van der Waals surface area contributed by atoms with Gasteiger partial charge in [-0.25, -0.2) is 10.2 Å². The summed E-state index contributed by atoms with van der Waals surface area (Å²) in [6, 6.07) is 10.0. The van der Waals surface area contributed by atoms with Crippen LogP contribution in [0.4, 0.5) is 5.69 Å². The van der Waals surface area contributed by atoms with Gasteiger partial charge < -0.3 is 14.9 Å². The number of aromatic hydroxyl groups is 2. The van der Waals surface area contributed by atoms with Gasteiger partial charge in [0.15, 0.2) is 0 Å². The zero-order valence-electron chi connectivity index (χ0n) is 16.5. The first-order chi connectivity index (χ1) is 14.4. The predicted octanol–water partition coefficient (Wildman–Crippen LogP) is 2.58. The Kier molecular flexibility index (Phi) is 6.31. The number of amides is 1. The fourth-order valence-electron chi connectivity index (χ4n) is 3.00. The van der Waals surface area contributed by atoms with Crippen molar-refractivity contribution in [1.29, 1.82) is 0 Å². The highest BCUT2D eigenvalue weighted by atomic mass is 16.5. The molecule has 9 heteroatoms. The number of nitrogens with zero attached hydrogens (tertiary/aromatic N) is 2. The number of carbonyl (C=O) groups is 2. The Morgan fingerprint density at radius 1 is 1.30 bits per heavy atom. The zero-order chi connectivity index (χ0) is 21.7. The second kappa shape index (κ2) is 9.08. The standard InChI is InChI=1S/C21H22N4O5/c1-3-30-21(29)18-16(26)9-6-14(20(18)28)11-22-23-15-7-4-13(5-8-15)19-12(2)10-17(27)24-25-19/h4-9,11-12,23,26,28H,3,10H2,1-2H3,(H,24,27)/b22-11+. The molecule has 0 spiro atoms. The quantitative estimate of drug-likeness (QED) is 0.329. The van der Waals surface area contributed by atoms with Crippen LogP contribution < -0.4 is 10.9 Å². The molecule has 0 aromatic heterocycles. The van der Waals surface area contributed by atoms with Gasteiger partial charge in [-0.15, -0.1) is 0 Å². The molecule has 1 unspecified atom stereocenters. The van der Waals surface area contributed by atoms with Crippen molar-refractivity contribution >= 4 is 29.5 Å². The van der Waals surface area contributed by atoms with Crippen molar-refractivity contribution in [3.63, 3.8) is 0 Å². The maximum absolute atomic E-state index is 11.9. The van der Waals surface area contributed by atoms with Crippen LogP contribution in [0.5, 0.6) is 11.5 Å². The van der Waals surface area contributed by atoms with Crippen molar-refractivity contribution < 1.29 is 24.5 Å². The average molecular weight is 410 g/mol. The van der Waals surface area contributed by atoms with E-state index in [0.29, 0.717) is 12.1 Å². The number of carbonyl (C=O) groups excluding carboxylic acids is 2. The minimum atomic E-state index is -0.817. The number of hydrogen-bond donors (Lipinski definition) is 4. The number of phenols is 2. The fourth-order valence-corrected chi connectivity index (χ4v) is 3.00. The molecule has 1 amide bonds. The van der Waals surface area contributed by atoms with Gasteiger partial charge >= 0.3 is 5.97 Å². The molecule has 0 saturated carbocycles. The van der Waals surface area contributed by atoms with Crippen molar-refractivity contribution in [3.05, 3.63) is 53.1 Å². The molecule has 0 aliphatic carbocycles. The van der Waals surface area contributed by atoms with Crippen LogP contribution in [-0.2, 0) is 9.53 Å². The van der Waals surface area contributed by atoms with E-state index in [9.17, 15) is 19.8 Å². The predicted molar refractivity (Wildman–Crippen MR) is 112 cm³/mol. The van der Waals surface area contributed by atoms with E-state index in [0.717, 1.165) is 11.3 Å². The first-order valence-electron chi connectivity index (χ1n) is 9.38. The van der Waals surface area contributed by atoms with Crippen LogP contribution in [0.2, 0.25) is 0 Å². The van der Waals surface area contributed by atoms with Crippen molar-refractivity contribution in [1.82, 2.24) is 5.43 Å². The van der Waals surface area contributed by atoms with E-state index >= 15 is 0 Å². The Morgan fingerprint density at radius 3 is 2.70 bits per heavy atom. The largest absolute Gasteiger partial charge is 0.507 e. The molecule has 3 rings (SSSR count). The van der Waals surface area contributed by atoms with Crippen LogP contribution in [0.1, 0.15) is 41.8 Å². The van der Waals surface area contributed by atoms with Crippen molar-refractivity contribution in [2.75, 3.05) is 12.0 Å². The minimum Gasteiger partial charge on any atom is -0.507 e. The van der Waals surface area contributed by atoms with Crippen LogP contribution in [0.15, 0.2) is 46.6 Å². The maximum Gasteiger partial charge on any atom is 0.345 e. The molecule has 2 aromatic rings. The van der Waals surface area contributed by atoms with E-state index in [-0.39, 0.29) is 35.3 Å². The lowest BCUT2D eigenvalue weighted by Crippen LogP contribution is -2.31. The molecule has 4 N–H and O–H groups in total. The summed E-state index contributed by atoms with van der Waals surface area (Å²) in [7, 11) is 0. The third-order valence-electron chi connectivity index (χ3n) is 4.50. The van der Waals surface area contributed by atoms with Gasteiger partial charge in [0.1, 0.15) is 17.1 Å². The molecule has 1 aliphatic heterocycles. The summed E-state index contributed by atoms with van der Waals surface area (Å²) in [4.78, 5) is 23.3. The molecule has 0 fully saturated rings. The number of hydrogen-bond acceptors (Lipinski definition) is 8. The summed E-state index contributed by atoms with van der Waals surface area (Å²) >= 11 is 0. The van der Waals surface area contributed by atoms with Crippen LogP contribution in [0.3, 0.4) is 0 Å². The van der Waals surface area contributed by atoms with Crippen LogP contribution in [0.25, 0.3) is 0 Å². The summed E-state index contributed by atoms with van der Waals surface area (Å²) in [5, 5.41) is 28.3. The monoisotopic (exact) mass is 410 g/mol. The first kappa shape index (κ1) is 20.8. The smallest absolute Gasteiger partial charge is 0.345 e. The van der Waals surface area contributed by atoms with E-state index in [1.165, 1.54) is 18.3 Å². The van der Waals surface area contributed by atoms with Gasteiger partial charge in [0.05, 0.1) is 24.2 Å². The highest BCUT2D eigenvalue weighted by Crippen LogP contribution is 2.30. The molecule has 9 nitrogen and oxygen atoms in total. The summed E-state index contributed by atoms with van der Waals surface area (Å²) in [6.45, 7) is 3.69. The topological polar surface area (TPSA) is 133 Å². The molecule has 0 radical (unpaired) electrons. The summed E-state index contributed by atoms with van der Waals surface area (Å²) < 4.78 is 4.84. The van der Waals surface area contributed by atoms with Gasteiger partial charge in [0, 0.05) is 17.9 Å². The molecule has 2 aromatic carbocycles. The van der Waals surface area contributed by atoms with E-state index in [1.807, 2.05) is 19.1 Å². The number of anilines is 1. The van der Waals surface area contributed by atoms with Gasteiger partial charge in [-0.1, -0.05) is 19.1 Å². The molecule has 0 bridgehead atoms. The minimum absolute atomic E-state index is 0.0293. The third kappa shape index (κ3) is 4.57. The van der Waals surface area contributed by atoms with Crippen molar-refractivity contribution in [3.8, 4) is 11.5 Å². The number of nitrogens with one attached hydrogen (secondary N) is 2. The second-order valence-corrected chi connectivity index (χ2v) is 6.70. The molecular weight excluding hydrogens is 388 g/mol. The van der Waals surface area contributed by atoms with Crippen LogP contribution in [-0.4, -0.2) is 40.6 Å². The normalized spacial score (nSPS) is 16.1. The number of esters is 1. The van der Waals surface area contributed by atoms with Crippen LogP contribution in [0, 0.1) is 5.92 Å². The molecule has 1 aliphatic rings. The summed E-state index contributed by atoms with van der Waals surface area (Å²) in [5.74, 6) is -1.67. The highest BCUT2D eigenvalue weighted by molar-refractivity contribution is 6.05.